The number of carbonyl (C=O) groups excluding carboxylic acids is 1. The van der Waals surface area contributed by atoms with Gasteiger partial charge in [0.2, 0.25) is 0 Å². The minimum Gasteiger partial charge on any atom is -0.341 e. The standard InChI is InChI=1S/C15H19N5O/c1-11-7-18-14(13-3-5-17-6-4-13)20(11)10-12-8-19(9-12)15(21)16-2/h3-7,12H,8-10H2,1-2H3,(H,16,21). The lowest BCUT2D eigenvalue weighted by Gasteiger charge is -2.39. The van der Waals surface area contributed by atoms with Crippen molar-refractivity contribution in [3.63, 3.8) is 0 Å². The minimum absolute atomic E-state index is 0.00274. The molecule has 6 heteroatoms. The van der Waals surface area contributed by atoms with Crippen LogP contribution in [0.2, 0.25) is 0 Å². The predicted octanol–water partition coefficient (Wildman–Crippen LogP) is 1.52. The van der Waals surface area contributed by atoms with Crippen LogP contribution in [0.3, 0.4) is 0 Å². The van der Waals surface area contributed by atoms with Crippen LogP contribution in [0.25, 0.3) is 11.4 Å². The van der Waals surface area contributed by atoms with Gasteiger partial charge in [-0.3, -0.25) is 4.98 Å². The highest BCUT2D eigenvalue weighted by Gasteiger charge is 2.31. The molecule has 1 fully saturated rings. The quantitative estimate of drug-likeness (QED) is 0.930. The summed E-state index contributed by atoms with van der Waals surface area (Å²) in [5, 5.41) is 2.66. The summed E-state index contributed by atoms with van der Waals surface area (Å²) >= 11 is 0. The number of aromatic nitrogens is 3. The molecular formula is C15H19N5O. The summed E-state index contributed by atoms with van der Waals surface area (Å²) in [5.74, 6) is 1.45. The van der Waals surface area contributed by atoms with E-state index in [9.17, 15) is 4.79 Å². The second-order valence-electron chi connectivity index (χ2n) is 5.40. The molecule has 6 nitrogen and oxygen atoms in total. The average molecular weight is 285 g/mol. The molecule has 3 heterocycles. The maximum atomic E-state index is 11.5. The second-order valence-corrected chi connectivity index (χ2v) is 5.40. The van der Waals surface area contributed by atoms with E-state index in [-0.39, 0.29) is 6.03 Å². The van der Waals surface area contributed by atoms with Gasteiger partial charge in [0.25, 0.3) is 0 Å². The molecule has 0 bridgehead atoms. The van der Waals surface area contributed by atoms with Crippen LogP contribution < -0.4 is 5.32 Å². The molecule has 1 aliphatic heterocycles. The fourth-order valence-electron chi connectivity index (χ4n) is 2.69. The number of hydrogen-bond acceptors (Lipinski definition) is 3. The fraction of sp³-hybridized carbons (Fsp3) is 0.400. The van der Waals surface area contributed by atoms with Gasteiger partial charge in [0.05, 0.1) is 0 Å². The number of hydrogen-bond donors (Lipinski definition) is 1. The Bertz CT molecular complexity index is 631. The summed E-state index contributed by atoms with van der Waals surface area (Å²) in [4.78, 5) is 21.9. The Labute approximate surface area is 123 Å². The van der Waals surface area contributed by atoms with E-state index in [0.29, 0.717) is 5.92 Å². The van der Waals surface area contributed by atoms with Crippen LogP contribution in [0, 0.1) is 12.8 Å². The van der Waals surface area contributed by atoms with Crippen molar-refractivity contribution in [2.24, 2.45) is 5.92 Å². The van der Waals surface area contributed by atoms with Gasteiger partial charge in [-0.15, -0.1) is 0 Å². The van der Waals surface area contributed by atoms with Crippen molar-refractivity contribution in [1.82, 2.24) is 24.8 Å². The van der Waals surface area contributed by atoms with Crippen molar-refractivity contribution in [2.75, 3.05) is 20.1 Å². The number of rotatable bonds is 3. The first-order chi connectivity index (χ1) is 10.2. The van der Waals surface area contributed by atoms with Gasteiger partial charge >= 0.3 is 6.03 Å². The van der Waals surface area contributed by atoms with Crippen molar-refractivity contribution in [3.05, 3.63) is 36.4 Å². The molecular weight excluding hydrogens is 266 g/mol. The molecule has 0 aromatic carbocycles. The third-order valence-corrected chi connectivity index (χ3v) is 3.89. The predicted molar refractivity (Wildman–Crippen MR) is 79.7 cm³/mol. The van der Waals surface area contributed by atoms with Crippen molar-refractivity contribution < 1.29 is 4.79 Å². The molecule has 0 radical (unpaired) electrons. The first-order valence-corrected chi connectivity index (χ1v) is 7.08. The number of imidazole rings is 1. The zero-order valence-corrected chi connectivity index (χ0v) is 12.3. The van der Waals surface area contributed by atoms with Crippen LogP contribution in [0.5, 0.6) is 0 Å². The van der Waals surface area contributed by atoms with Gasteiger partial charge in [-0.05, 0) is 19.1 Å². The Morgan fingerprint density at radius 2 is 2.10 bits per heavy atom. The first-order valence-electron chi connectivity index (χ1n) is 7.08. The lowest BCUT2D eigenvalue weighted by atomic mass is 10.0. The van der Waals surface area contributed by atoms with Gasteiger partial charge in [-0.1, -0.05) is 0 Å². The lowest BCUT2D eigenvalue weighted by molar-refractivity contribution is 0.112. The van der Waals surface area contributed by atoms with E-state index in [1.54, 1.807) is 19.4 Å². The van der Waals surface area contributed by atoms with Crippen molar-refractivity contribution in [2.45, 2.75) is 13.5 Å². The molecule has 2 aromatic rings. The van der Waals surface area contributed by atoms with E-state index in [1.165, 1.54) is 0 Å². The normalized spacial score (nSPS) is 14.9. The summed E-state index contributed by atoms with van der Waals surface area (Å²) in [6.45, 7) is 4.55. The van der Waals surface area contributed by atoms with Crippen molar-refractivity contribution in [1.29, 1.82) is 0 Å². The van der Waals surface area contributed by atoms with Gasteiger partial charge in [0.1, 0.15) is 5.82 Å². The Morgan fingerprint density at radius 3 is 2.76 bits per heavy atom. The highest BCUT2D eigenvalue weighted by molar-refractivity contribution is 5.74. The largest absolute Gasteiger partial charge is 0.341 e. The van der Waals surface area contributed by atoms with Crippen LogP contribution in [-0.2, 0) is 6.54 Å². The molecule has 2 aromatic heterocycles. The summed E-state index contributed by atoms with van der Waals surface area (Å²) in [6.07, 6.45) is 5.45. The van der Waals surface area contributed by atoms with Crippen LogP contribution in [0.15, 0.2) is 30.7 Å². The summed E-state index contributed by atoms with van der Waals surface area (Å²) in [7, 11) is 1.66. The Morgan fingerprint density at radius 1 is 1.38 bits per heavy atom. The monoisotopic (exact) mass is 285 g/mol. The van der Waals surface area contributed by atoms with E-state index in [4.69, 9.17) is 0 Å². The zero-order valence-electron chi connectivity index (χ0n) is 12.3. The minimum atomic E-state index is 0.00274. The maximum absolute atomic E-state index is 11.5. The third-order valence-electron chi connectivity index (χ3n) is 3.89. The third kappa shape index (κ3) is 2.61. The Kier molecular flexibility index (Phi) is 3.60. The van der Waals surface area contributed by atoms with Gasteiger partial charge in [-0.25, -0.2) is 9.78 Å². The number of aryl methyl sites for hydroxylation is 1. The summed E-state index contributed by atoms with van der Waals surface area (Å²) in [5.41, 5.74) is 2.21. The number of carbonyl (C=O) groups is 1. The molecule has 0 aliphatic carbocycles. The molecule has 0 unspecified atom stereocenters. The van der Waals surface area contributed by atoms with Gasteiger partial charge in [0, 0.05) is 62.4 Å². The number of amides is 2. The number of likely N-dealkylation sites (tertiary alicyclic amines) is 1. The smallest absolute Gasteiger partial charge is 0.317 e. The average Bonchev–Trinajstić information content (AvgIpc) is 2.83. The first kappa shape index (κ1) is 13.6. The van der Waals surface area contributed by atoms with Crippen LogP contribution >= 0.6 is 0 Å². The van der Waals surface area contributed by atoms with Gasteiger partial charge in [0.15, 0.2) is 0 Å². The van der Waals surface area contributed by atoms with E-state index >= 15 is 0 Å². The van der Waals surface area contributed by atoms with Gasteiger partial charge in [-0.2, -0.15) is 0 Å². The molecule has 1 aliphatic rings. The molecule has 0 spiro atoms. The van der Waals surface area contributed by atoms with Crippen molar-refractivity contribution in [3.8, 4) is 11.4 Å². The molecule has 1 saturated heterocycles. The molecule has 2 amide bonds. The maximum Gasteiger partial charge on any atom is 0.317 e. The lowest BCUT2D eigenvalue weighted by Crippen LogP contribution is -2.54. The molecule has 0 atom stereocenters. The topological polar surface area (TPSA) is 63.1 Å². The number of urea groups is 1. The number of pyridine rings is 1. The number of nitrogens with zero attached hydrogens (tertiary/aromatic N) is 4. The highest BCUT2D eigenvalue weighted by atomic mass is 16.2. The molecule has 110 valence electrons. The Hall–Kier alpha value is -2.37. The number of nitrogens with one attached hydrogen (secondary N) is 1. The summed E-state index contributed by atoms with van der Waals surface area (Å²) in [6, 6.07) is 3.94. The fourth-order valence-corrected chi connectivity index (χ4v) is 2.69. The molecule has 21 heavy (non-hydrogen) atoms. The highest BCUT2D eigenvalue weighted by Crippen LogP contribution is 2.23. The zero-order chi connectivity index (χ0) is 14.8. The molecule has 0 saturated carbocycles. The summed E-state index contributed by atoms with van der Waals surface area (Å²) < 4.78 is 2.22. The second kappa shape index (κ2) is 5.55. The van der Waals surface area contributed by atoms with Crippen molar-refractivity contribution >= 4 is 6.03 Å². The SMILES string of the molecule is CNC(=O)N1CC(Cn2c(C)cnc2-c2ccncc2)C1. The van der Waals surface area contributed by atoms with Crippen LogP contribution in [-0.4, -0.2) is 45.6 Å². The van der Waals surface area contributed by atoms with Gasteiger partial charge < -0.3 is 14.8 Å². The van der Waals surface area contributed by atoms with E-state index in [2.05, 4.69) is 26.8 Å². The van der Waals surface area contributed by atoms with Crippen LogP contribution in [0.1, 0.15) is 5.69 Å². The van der Waals surface area contributed by atoms with E-state index < -0.39 is 0 Å². The molecule has 3 rings (SSSR count). The molecule has 1 N–H and O–H groups in total. The Balaban J connectivity index is 1.73. The van der Waals surface area contributed by atoms with E-state index in [0.717, 1.165) is 36.7 Å². The van der Waals surface area contributed by atoms with Crippen LogP contribution in [0.4, 0.5) is 4.79 Å². The van der Waals surface area contributed by atoms with E-state index in [1.807, 2.05) is 23.2 Å².